The van der Waals surface area contributed by atoms with Crippen molar-refractivity contribution in [3.8, 4) is 0 Å². The van der Waals surface area contributed by atoms with Crippen LogP contribution in [0, 0.1) is 35.3 Å². The van der Waals surface area contributed by atoms with E-state index in [0.717, 1.165) is 51.4 Å². The van der Waals surface area contributed by atoms with Crippen LogP contribution in [0.2, 0.25) is 0 Å². The molecule has 4 amide bonds. The fourth-order valence-electron chi connectivity index (χ4n) is 8.62. The fraction of sp³-hybridized carbons (Fsp3) is 0.700. The highest BCUT2D eigenvalue weighted by Crippen LogP contribution is 2.32. The van der Waals surface area contributed by atoms with Crippen molar-refractivity contribution in [2.75, 3.05) is 74.1 Å². The lowest BCUT2D eigenvalue weighted by Gasteiger charge is -2.22. The number of ether oxygens (including phenoxy) is 2. The van der Waals surface area contributed by atoms with E-state index < -0.39 is 60.8 Å². The zero-order valence-corrected chi connectivity index (χ0v) is 36.1. The lowest BCUT2D eigenvalue weighted by Crippen LogP contribution is -2.42. The van der Waals surface area contributed by atoms with Gasteiger partial charge in [0, 0.05) is 53.5 Å². The Balaban J connectivity index is 0.000000241. The van der Waals surface area contributed by atoms with Gasteiger partial charge >= 0.3 is 12.2 Å². The number of nitrogens with one attached hydrogen (secondary N) is 6. The number of anilines is 4. The summed E-state index contributed by atoms with van der Waals surface area (Å²) < 4.78 is 67.3. The normalized spacial score (nSPS) is 19.7. The summed E-state index contributed by atoms with van der Waals surface area (Å²) in [4.78, 5) is 66.1. The molecule has 2 aromatic heterocycles. The Morgan fingerprint density at radius 3 is 1.33 bits per heavy atom. The number of methoxy groups -OCH3 is 2. The van der Waals surface area contributed by atoms with Crippen LogP contribution in [0.15, 0.2) is 0 Å². The van der Waals surface area contributed by atoms with Crippen molar-refractivity contribution in [1.82, 2.24) is 41.4 Å². The van der Waals surface area contributed by atoms with Gasteiger partial charge in [-0.15, -0.1) is 0 Å². The van der Waals surface area contributed by atoms with E-state index in [4.69, 9.17) is 19.7 Å². The number of carbonyl (C=O) groups excluding carboxylic acids is 2. The summed E-state index contributed by atoms with van der Waals surface area (Å²) in [5.41, 5.74) is 9.71. The van der Waals surface area contributed by atoms with Crippen LogP contribution in [0.1, 0.15) is 88.7 Å². The second kappa shape index (κ2) is 24.5. The average Bonchev–Trinajstić information content (AvgIpc) is 4.15. The molecule has 0 spiro atoms. The Kier molecular flexibility index (Phi) is 19.0. The minimum Gasteiger partial charge on any atom is -0.465 e. The SMILES string of the molecule is CO[C@H]1CCN(c2nc(CF)nc(NNC(=O)[C@@H](CNC(=O)O)CC3CCCC3)c2F)C1.CO[C@H]1CCN(c2nc(CF)nc(NNC(=O)[C@@H](CNC(=O)O)CC3CCCC3)c2F)C1. The molecule has 4 fully saturated rings. The summed E-state index contributed by atoms with van der Waals surface area (Å²) in [6.45, 7) is -0.298. The first-order valence-electron chi connectivity index (χ1n) is 21.7. The summed E-state index contributed by atoms with van der Waals surface area (Å²) >= 11 is 0. The third-order valence-electron chi connectivity index (χ3n) is 12.1. The number of carboxylic acid groups (broad SMARTS) is 2. The predicted molar refractivity (Wildman–Crippen MR) is 225 cm³/mol. The number of aromatic nitrogens is 4. The summed E-state index contributed by atoms with van der Waals surface area (Å²) in [5, 5.41) is 22.3. The topological polar surface area (TPSA) is 257 Å². The van der Waals surface area contributed by atoms with Crippen molar-refractivity contribution in [3.63, 3.8) is 0 Å². The Morgan fingerprint density at radius 2 is 1.02 bits per heavy atom. The molecule has 64 heavy (non-hydrogen) atoms. The summed E-state index contributed by atoms with van der Waals surface area (Å²) in [5.74, 6) is -4.42. The molecular weight excluding hydrogens is 853 g/mol. The Morgan fingerprint density at radius 1 is 0.641 bits per heavy atom. The van der Waals surface area contributed by atoms with Gasteiger partial charge in [-0.2, -0.15) is 8.78 Å². The molecular formula is C40H60F4N12O8. The van der Waals surface area contributed by atoms with Crippen molar-refractivity contribution < 1.29 is 56.4 Å². The van der Waals surface area contributed by atoms with E-state index >= 15 is 8.78 Å². The first-order valence-corrected chi connectivity index (χ1v) is 21.7. The van der Waals surface area contributed by atoms with E-state index in [-0.39, 0.29) is 60.2 Å². The van der Waals surface area contributed by atoms with E-state index in [9.17, 15) is 28.0 Å². The van der Waals surface area contributed by atoms with Gasteiger partial charge in [-0.25, -0.2) is 38.3 Å². The van der Waals surface area contributed by atoms with Crippen LogP contribution in [-0.2, 0) is 32.4 Å². The van der Waals surface area contributed by atoms with Gasteiger partial charge in [-0.1, -0.05) is 51.4 Å². The minimum absolute atomic E-state index is 0.0565. The smallest absolute Gasteiger partial charge is 0.404 e. The second-order valence-corrected chi connectivity index (χ2v) is 16.5. The van der Waals surface area contributed by atoms with Gasteiger partial charge in [-0.3, -0.25) is 31.3 Å². The largest absolute Gasteiger partial charge is 0.465 e. The number of halogens is 4. The zero-order valence-electron chi connectivity index (χ0n) is 36.1. The molecule has 24 heteroatoms. The molecule has 2 aliphatic carbocycles. The minimum atomic E-state index is -1.22. The molecule has 6 rings (SSSR count). The van der Waals surface area contributed by atoms with E-state index in [2.05, 4.69) is 52.3 Å². The number of alkyl halides is 2. The van der Waals surface area contributed by atoms with Crippen LogP contribution in [-0.4, -0.2) is 120 Å². The molecule has 20 nitrogen and oxygen atoms in total. The van der Waals surface area contributed by atoms with Crippen LogP contribution < -0.4 is 42.1 Å². The van der Waals surface area contributed by atoms with Crippen molar-refractivity contribution in [2.45, 2.75) is 103 Å². The maximum absolute atomic E-state index is 15.1. The molecule has 8 N–H and O–H groups in total. The van der Waals surface area contributed by atoms with Gasteiger partial charge < -0.3 is 40.1 Å². The molecule has 0 aromatic carbocycles. The van der Waals surface area contributed by atoms with E-state index in [1.165, 1.54) is 0 Å². The lowest BCUT2D eigenvalue weighted by molar-refractivity contribution is -0.125. The molecule has 2 aromatic rings. The van der Waals surface area contributed by atoms with Gasteiger partial charge in [0.15, 0.2) is 34.9 Å². The third kappa shape index (κ3) is 14.2. The summed E-state index contributed by atoms with van der Waals surface area (Å²) in [6, 6.07) is 0. The number of rotatable bonds is 20. The predicted octanol–water partition coefficient (Wildman–Crippen LogP) is 4.44. The van der Waals surface area contributed by atoms with E-state index in [1.807, 2.05) is 0 Å². The number of carbonyl (C=O) groups is 4. The third-order valence-corrected chi connectivity index (χ3v) is 12.1. The summed E-state index contributed by atoms with van der Waals surface area (Å²) in [7, 11) is 3.14. The molecule has 4 atom stereocenters. The molecule has 4 aliphatic rings. The molecule has 2 aliphatic heterocycles. The second-order valence-electron chi connectivity index (χ2n) is 16.5. The van der Waals surface area contributed by atoms with Crippen LogP contribution >= 0.6 is 0 Å². The monoisotopic (exact) mass is 912 g/mol. The standard InChI is InChI=1S/2C20H30F2N6O4/c2*1-32-14-6-7-28(11-14)18-16(22)17(24-15(9-21)25-18)26-27-19(29)13(10-23-20(30)31)8-12-4-2-3-5-12/h2*12-14,23H,2-11H2,1H3,(H,27,29)(H,30,31)(H,24,25,26)/t2*13-,14+/m11/s1. The van der Waals surface area contributed by atoms with E-state index in [1.54, 1.807) is 24.0 Å². The lowest BCUT2D eigenvalue weighted by atomic mass is 9.92. The molecule has 2 saturated carbocycles. The average molecular weight is 913 g/mol. The van der Waals surface area contributed by atoms with Crippen molar-refractivity contribution in [2.24, 2.45) is 23.7 Å². The van der Waals surface area contributed by atoms with Crippen LogP contribution in [0.5, 0.6) is 0 Å². The summed E-state index contributed by atoms with van der Waals surface area (Å²) in [6.07, 6.45) is 8.14. The van der Waals surface area contributed by atoms with Crippen molar-refractivity contribution in [1.29, 1.82) is 0 Å². The van der Waals surface area contributed by atoms with Gasteiger partial charge in [-0.05, 0) is 37.5 Å². The number of hydrogen-bond acceptors (Lipinski definition) is 14. The molecule has 0 radical (unpaired) electrons. The molecule has 2 saturated heterocycles. The van der Waals surface area contributed by atoms with Crippen LogP contribution in [0.25, 0.3) is 0 Å². The molecule has 4 heterocycles. The number of amides is 4. The number of hydrogen-bond donors (Lipinski definition) is 8. The quantitative estimate of drug-likeness (QED) is 0.0675. The molecule has 356 valence electrons. The van der Waals surface area contributed by atoms with Crippen LogP contribution in [0.3, 0.4) is 0 Å². The Bertz CT molecular complexity index is 1750. The van der Waals surface area contributed by atoms with Gasteiger partial charge in [0.1, 0.15) is 13.3 Å². The fourth-order valence-corrected chi connectivity index (χ4v) is 8.62. The highest BCUT2D eigenvalue weighted by atomic mass is 19.1. The number of nitrogens with zero attached hydrogens (tertiary/aromatic N) is 6. The Labute approximate surface area is 368 Å². The van der Waals surface area contributed by atoms with Crippen molar-refractivity contribution in [3.05, 3.63) is 23.3 Å². The van der Waals surface area contributed by atoms with Gasteiger partial charge in [0.25, 0.3) is 0 Å². The van der Waals surface area contributed by atoms with Crippen LogP contribution in [0.4, 0.5) is 50.4 Å². The molecule has 0 unspecified atom stereocenters. The van der Waals surface area contributed by atoms with Gasteiger partial charge in [0.05, 0.1) is 24.0 Å². The van der Waals surface area contributed by atoms with Gasteiger partial charge in [0.2, 0.25) is 23.4 Å². The highest BCUT2D eigenvalue weighted by Gasteiger charge is 2.32. The van der Waals surface area contributed by atoms with Crippen molar-refractivity contribution >= 4 is 47.3 Å². The first-order chi connectivity index (χ1) is 30.8. The first kappa shape index (κ1) is 49.5. The molecule has 0 bridgehead atoms. The Hall–Kier alpha value is -5.52. The highest BCUT2D eigenvalue weighted by molar-refractivity contribution is 5.81. The maximum Gasteiger partial charge on any atom is 0.404 e. The van der Waals surface area contributed by atoms with E-state index in [0.29, 0.717) is 63.7 Å². The maximum atomic E-state index is 15.1. The zero-order chi connectivity index (χ0) is 46.2. The number of hydrazine groups is 2.